The first-order chi connectivity index (χ1) is 15.2. The number of aliphatic hydroxyl groups excluding tert-OH is 4. The number of benzene rings is 1. The van der Waals surface area contributed by atoms with Gasteiger partial charge in [-0.3, -0.25) is 0 Å². The molecule has 1 aliphatic heterocycles. The average Bonchev–Trinajstić information content (AvgIpc) is 2.78. The van der Waals surface area contributed by atoms with Crippen LogP contribution in [0.1, 0.15) is 32.8 Å². The Morgan fingerprint density at radius 1 is 1.03 bits per heavy atom. The third-order valence-corrected chi connectivity index (χ3v) is 6.37. The minimum atomic E-state index is -1.39. The molecule has 1 fully saturated rings. The summed E-state index contributed by atoms with van der Waals surface area (Å²) in [5.74, 6) is 0.182. The molecule has 3 rings (SSSR count). The van der Waals surface area contributed by atoms with Crippen LogP contribution in [0, 0.1) is 17.7 Å². The fourth-order valence-electron chi connectivity index (χ4n) is 4.19. The Labute approximate surface area is 188 Å². The third kappa shape index (κ3) is 5.63. The highest BCUT2D eigenvalue weighted by Gasteiger charge is 2.44. The van der Waals surface area contributed by atoms with Gasteiger partial charge in [0.25, 0.3) is 0 Å². The third-order valence-electron chi connectivity index (χ3n) is 6.37. The molecule has 3 unspecified atom stereocenters. The zero-order chi connectivity index (χ0) is 23.4. The van der Waals surface area contributed by atoms with Gasteiger partial charge in [-0.05, 0) is 60.9 Å². The van der Waals surface area contributed by atoms with Gasteiger partial charge in [-0.2, -0.15) is 0 Å². The molecule has 0 saturated carbocycles. The molecule has 1 saturated heterocycles. The smallest absolute Gasteiger partial charge is 0.123 e. The lowest BCUT2D eigenvalue weighted by Crippen LogP contribution is -2.58. The molecule has 174 valence electrons. The molecule has 7 atom stereocenters. The summed E-state index contributed by atoms with van der Waals surface area (Å²) in [5.41, 5.74) is 3.91. The van der Waals surface area contributed by atoms with Crippen molar-refractivity contribution >= 4 is 5.57 Å². The van der Waals surface area contributed by atoms with Gasteiger partial charge in [-0.1, -0.05) is 55.0 Å². The second-order valence-electron chi connectivity index (χ2n) is 8.87. The van der Waals surface area contributed by atoms with E-state index in [-0.39, 0.29) is 17.7 Å². The number of hydrogen-bond acceptors (Lipinski definition) is 5. The molecule has 0 radical (unpaired) electrons. The van der Waals surface area contributed by atoms with Crippen LogP contribution in [0.2, 0.25) is 0 Å². The standard InChI is InChI=1S/C26H33FO5/c1-15(4-5-16(2)18-8-10-21(27)11-9-18)12-20-13-19(7-6-17(20)3)26-25(31)24(30)23(29)22(14-28)32-26/h4-11,13,17,20,22-26,28-31H,12,14H2,1-3H3/b15-4+,16-5+/t17?,20?,22?,23-,24+,25-,26+/m1/s1. The van der Waals surface area contributed by atoms with Crippen LogP contribution in [0.5, 0.6) is 0 Å². The van der Waals surface area contributed by atoms with Crippen molar-refractivity contribution in [3.63, 3.8) is 0 Å². The van der Waals surface area contributed by atoms with E-state index in [4.69, 9.17) is 4.74 Å². The summed E-state index contributed by atoms with van der Waals surface area (Å²) < 4.78 is 18.8. The monoisotopic (exact) mass is 444 g/mol. The van der Waals surface area contributed by atoms with E-state index in [1.807, 2.05) is 31.2 Å². The Kier molecular flexibility index (Phi) is 8.20. The molecule has 0 spiro atoms. The minimum absolute atomic E-state index is 0.165. The van der Waals surface area contributed by atoms with Crippen molar-refractivity contribution in [3.8, 4) is 0 Å². The second-order valence-corrected chi connectivity index (χ2v) is 8.87. The molecule has 1 aliphatic carbocycles. The van der Waals surface area contributed by atoms with Gasteiger partial charge >= 0.3 is 0 Å². The maximum absolute atomic E-state index is 13.1. The highest BCUT2D eigenvalue weighted by Crippen LogP contribution is 2.34. The highest BCUT2D eigenvalue weighted by atomic mass is 19.1. The van der Waals surface area contributed by atoms with E-state index < -0.39 is 37.1 Å². The van der Waals surface area contributed by atoms with E-state index in [9.17, 15) is 24.8 Å². The highest BCUT2D eigenvalue weighted by molar-refractivity contribution is 5.65. The van der Waals surface area contributed by atoms with Crippen LogP contribution in [0.25, 0.3) is 5.57 Å². The summed E-state index contributed by atoms with van der Waals surface area (Å²) in [5, 5.41) is 40.0. The lowest BCUT2D eigenvalue weighted by molar-refractivity contribution is -0.218. The summed E-state index contributed by atoms with van der Waals surface area (Å²) in [6, 6.07) is 6.41. The number of ether oxygens (including phenoxy) is 1. The molecule has 1 aromatic carbocycles. The maximum Gasteiger partial charge on any atom is 0.123 e. The van der Waals surface area contributed by atoms with Gasteiger partial charge in [0.15, 0.2) is 0 Å². The zero-order valence-electron chi connectivity index (χ0n) is 18.7. The molecule has 1 heterocycles. The van der Waals surface area contributed by atoms with Crippen LogP contribution in [-0.2, 0) is 4.74 Å². The second kappa shape index (κ2) is 10.7. The van der Waals surface area contributed by atoms with Crippen LogP contribution in [0.3, 0.4) is 0 Å². The van der Waals surface area contributed by atoms with Gasteiger partial charge in [0, 0.05) is 0 Å². The Morgan fingerprint density at radius 2 is 1.72 bits per heavy atom. The molecule has 2 aliphatic rings. The van der Waals surface area contributed by atoms with E-state index in [0.29, 0.717) is 0 Å². The fraction of sp³-hybridized carbons (Fsp3) is 0.462. The molecule has 1 aromatic rings. The Balaban J connectivity index is 1.73. The van der Waals surface area contributed by atoms with Crippen molar-refractivity contribution in [2.24, 2.45) is 11.8 Å². The molecule has 0 aromatic heterocycles. The van der Waals surface area contributed by atoms with Crippen LogP contribution in [0.4, 0.5) is 4.39 Å². The number of rotatable bonds is 6. The fourth-order valence-corrected chi connectivity index (χ4v) is 4.19. The number of allylic oxidation sites excluding steroid dienone is 6. The Hall–Kier alpha value is -2.09. The van der Waals surface area contributed by atoms with Gasteiger partial charge in [0.2, 0.25) is 0 Å². The number of aliphatic hydroxyl groups is 4. The quantitative estimate of drug-likeness (QED) is 0.506. The summed E-state index contributed by atoms with van der Waals surface area (Å²) >= 11 is 0. The van der Waals surface area contributed by atoms with Crippen molar-refractivity contribution in [3.05, 3.63) is 77.2 Å². The van der Waals surface area contributed by atoms with Crippen molar-refractivity contribution in [2.45, 2.75) is 57.7 Å². The normalized spacial score (nSPS) is 33.9. The van der Waals surface area contributed by atoms with E-state index >= 15 is 0 Å². The van der Waals surface area contributed by atoms with Crippen LogP contribution in [-0.4, -0.2) is 57.6 Å². The first-order valence-corrected chi connectivity index (χ1v) is 11.0. The first-order valence-electron chi connectivity index (χ1n) is 11.0. The van der Waals surface area contributed by atoms with Crippen molar-refractivity contribution < 1.29 is 29.6 Å². The van der Waals surface area contributed by atoms with Gasteiger partial charge < -0.3 is 25.2 Å². The lowest BCUT2D eigenvalue weighted by Gasteiger charge is -2.41. The predicted molar refractivity (Wildman–Crippen MR) is 122 cm³/mol. The van der Waals surface area contributed by atoms with Gasteiger partial charge in [0.05, 0.1) is 6.61 Å². The van der Waals surface area contributed by atoms with Gasteiger partial charge in [0.1, 0.15) is 36.3 Å². The first kappa shape index (κ1) is 24.6. The molecule has 6 heteroatoms. The van der Waals surface area contributed by atoms with Crippen molar-refractivity contribution in [1.82, 2.24) is 0 Å². The van der Waals surface area contributed by atoms with Crippen LogP contribution >= 0.6 is 0 Å². The molecule has 0 bridgehead atoms. The average molecular weight is 445 g/mol. The number of halogens is 1. The molecular formula is C26H33FO5. The maximum atomic E-state index is 13.1. The Morgan fingerprint density at radius 3 is 2.38 bits per heavy atom. The van der Waals surface area contributed by atoms with Crippen molar-refractivity contribution in [1.29, 1.82) is 0 Å². The van der Waals surface area contributed by atoms with Gasteiger partial charge in [-0.15, -0.1) is 0 Å². The van der Waals surface area contributed by atoms with E-state index in [0.717, 1.165) is 23.1 Å². The minimum Gasteiger partial charge on any atom is -0.394 e. The van der Waals surface area contributed by atoms with Crippen LogP contribution < -0.4 is 0 Å². The Bertz CT molecular complexity index is 899. The SMILES string of the molecule is C/C(=C\C=C(/C)c1ccc(F)cc1)CC1C=C([C@@H]2OC(CO)[C@@H](O)[C@H](O)[C@H]2O)C=CC1C. The summed E-state index contributed by atoms with van der Waals surface area (Å²) in [6.45, 7) is 5.72. The molecular weight excluding hydrogens is 411 g/mol. The summed E-state index contributed by atoms with van der Waals surface area (Å²) in [7, 11) is 0. The van der Waals surface area contributed by atoms with Crippen molar-refractivity contribution in [2.75, 3.05) is 6.61 Å². The summed E-state index contributed by atoms with van der Waals surface area (Å²) in [6.07, 6.45) is 5.07. The largest absolute Gasteiger partial charge is 0.394 e. The molecule has 0 amide bonds. The topological polar surface area (TPSA) is 90.2 Å². The molecule has 4 N–H and O–H groups in total. The zero-order valence-corrected chi connectivity index (χ0v) is 18.7. The van der Waals surface area contributed by atoms with E-state index in [1.54, 1.807) is 12.1 Å². The van der Waals surface area contributed by atoms with Crippen LogP contribution in [0.15, 0.2) is 65.8 Å². The lowest BCUT2D eigenvalue weighted by atomic mass is 9.80. The van der Waals surface area contributed by atoms with Gasteiger partial charge in [-0.25, -0.2) is 4.39 Å². The van der Waals surface area contributed by atoms with E-state index in [2.05, 4.69) is 19.9 Å². The van der Waals surface area contributed by atoms with E-state index in [1.165, 1.54) is 17.7 Å². The molecule has 5 nitrogen and oxygen atoms in total. The number of hydrogen-bond donors (Lipinski definition) is 4. The molecule has 32 heavy (non-hydrogen) atoms. The predicted octanol–water partition coefficient (Wildman–Crippen LogP) is 3.16. The summed E-state index contributed by atoms with van der Waals surface area (Å²) in [4.78, 5) is 0.